The van der Waals surface area contributed by atoms with Gasteiger partial charge in [0.05, 0.1) is 11.7 Å². The van der Waals surface area contributed by atoms with Gasteiger partial charge < -0.3 is 14.9 Å². The first-order valence-electron chi connectivity index (χ1n) is 10.6. The van der Waals surface area contributed by atoms with Gasteiger partial charge in [0.2, 0.25) is 0 Å². The van der Waals surface area contributed by atoms with Gasteiger partial charge in [-0.25, -0.2) is 4.39 Å². The fourth-order valence-electron chi connectivity index (χ4n) is 4.62. The molecule has 29 heavy (non-hydrogen) atoms. The van der Waals surface area contributed by atoms with E-state index < -0.39 is 11.9 Å². The number of amides is 1. The van der Waals surface area contributed by atoms with Crippen LogP contribution in [0.1, 0.15) is 53.8 Å². The minimum atomic E-state index is -0.539. The number of carbonyl (C=O) groups excluding carboxylic acids is 1. The van der Waals surface area contributed by atoms with Crippen molar-refractivity contribution < 1.29 is 14.3 Å². The number of likely N-dealkylation sites (tertiary alicyclic amines) is 1. The number of piperidine rings is 1. The lowest BCUT2D eigenvalue weighted by molar-refractivity contribution is 0.0875. The largest absolute Gasteiger partial charge is 0.387 e. The Kier molecular flexibility index (Phi) is 5.97. The molecule has 1 saturated heterocycles. The zero-order valence-electron chi connectivity index (χ0n) is 17.0. The Hall–Kier alpha value is -2.24. The molecule has 1 amide bonds. The first-order chi connectivity index (χ1) is 14.0. The van der Waals surface area contributed by atoms with E-state index in [1.54, 1.807) is 17.0 Å². The number of hydrogen-bond donors (Lipinski definition) is 1. The third-order valence-corrected chi connectivity index (χ3v) is 6.13. The summed E-state index contributed by atoms with van der Waals surface area (Å²) in [5.41, 5.74) is 2.86. The summed E-state index contributed by atoms with van der Waals surface area (Å²) >= 11 is 0. The van der Waals surface area contributed by atoms with Gasteiger partial charge in [0, 0.05) is 25.3 Å². The zero-order valence-corrected chi connectivity index (χ0v) is 17.0. The number of hydrogen-bond acceptors (Lipinski definition) is 3. The number of benzene rings is 2. The number of halogens is 1. The predicted molar refractivity (Wildman–Crippen MR) is 113 cm³/mol. The molecule has 2 aromatic rings. The van der Waals surface area contributed by atoms with E-state index in [-0.39, 0.29) is 11.5 Å². The van der Waals surface area contributed by atoms with Gasteiger partial charge in [-0.15, -0.1) is 0 Å². The second kappa shape index (κ2) is 8.64. The van der Waals surface area contributed by atoms with Crippen molar-refractivity contribution in [3.05, 3.63) is 65.0 Å². The molecule has 5 heteroatoms. The van der Waals surface area contributed by atoms with E-state index in [1.807, 2.05) is 18.2 Å². The van der Waals surface area contributed by atoms with E-state index in [0.717, 1.165) is 42.7 Å². The van der Waals surface area contributed by atoms with Crippen LogP contribution in [0, 0.1) is 11.7 Å². The van der Waals surface area contributed by atoms with Crippen LogP contribution in [-0.2, 0) is 6.42 Å². The van der Waals surface area contributed by atoms with E-state index in [4.69, 9.17) is 0 Å². The average Bonchev–Trinajstić information content (AvgIpc) is 2.73. The second-order valence-electron chi connectivity index (χ2n) is 8.45. The van der Waals surface area contributed by atoms with Crippen molar-refractivity contribution in [1.82, 2.24) is 4.90 Å². The summed E-state index contributed by atoms with van der Waals surface area (Å²) in [7, 11) is 0. The highest BCUT2D eigenvalue weighted by atomic mass is 19.1. The summed E-state index contributed by atoms with van der Waals surface area (Å²) in [5.74, 6) is -0.121. The van der Waals surface area contributed by atoms with Crippen molar-refractivity contribution in [3.63, 3.8) is 0 Å². The van der Waals surface area contributed by atoms with Crippen molar-refractivity contribution in [1.29, 1.82) is 0 Å². The zero-order chi connectivity index (χ0) is 20.4. The Bertz CT molecular complexity index is 885. The lowest BCUT2D eigenvalue weighted by Crippen LogP contribution is -2.37. The van der Waals surface area contributed by atoms with Gasteiger partial charge in [-0.2, -0.15) is 0 Å². The molecule has 2 aromatic carbocycles. The Morgan fingerprint density at radius 1 is 1.21 bits per heavy atom. The van der Waals surface area contributed by atoms with Crippen LogP contribution in [0.5, 0.6) is 0 Å². The monoisotopic (exact) mass is 396 g/mol. The maximum atomic E-state index is 14.1. The van der Waals surface area contributed by atoms with Gasteiger partial charge in [-0.1, -0.05) is 31.2 Å². The molecule has 1 N–H and O–H groups in total. The van der Waals surface area contributed by atoms with Gasteiger partial charge in [0.1, 0.15) is 5.82 Å². The van der Waals surface area contributed by atoms with E-state index in [0.29, 0.717) is 19.0 Å². The van der Waals surface area contributed by atoms with Crippen molar-refractivity contribution in [3.8, 4) is 0 Å². The van der Waals surface area contributed by atoms with Crippen LogP contribution in [0.2, 0.25) is 0 Å². The highest BCUT2D eigenvalue weighted by Crippen LogP contribution is 2.32. The van der Waals surface area contributed by atoms with Crippen LogP contribution < -0.4 is 4.90 Å². The lowest BCUT2D eigenvalue weighted by Gasteiger charge is -2.33. The summed E-state index contributed by atoms with van der Waals surface area (Å²) in [5, 5.41) is 10.8. The third-order valence-electron chi connectivity index (χ3n) is 6.13. The number of rotatable bonds is 4. The van der Waals surface area contributed by atoms with Crippen molar-refractivity contribution in [2.45, 2.75) is 38.7 Å². The Labute approximate surface area is 171 Å². The number of nitrogens with zero attached hydrogens (tertiary/aromatic N) is 2. The number of fused-ring (bicyclic) bond motifs is 1. The maximum Gasteiger partial charge on any atom is 0.261 e. The molecular formula is C24H29FN2O2. The standard InChI is InChI=1S/C24H29FN2O2/c1-17-6-4-12-26(15-17)16-23(28)19-10-11-22-18(14-19)7-5-13-27(22)24(29)20-8-2-3-9-21(20)25/h2-3,8-11,14,17,23,28H,4-7,12-13,15-16H2,1H3/t17-,23+/m1/s1. The number of aliphatic hydroxyl groups is 1. The number of anilines is 1. The van der Waals surface area contributed by atoms with Gasteiger partial charge in [0.15, 0.2) is 0 Å². The quantitative estimate of drug-likeness (QED) is 0.843. The van der Waals surface area contributed by atoms with E-state index in [1.165, 1.54) is 25.0 Å². The number of aliphatic hydroxyl groups excluding tert-OH is 1. The van der Waals surface area contributed by atoms with Gasteiger partial charge >= 0.3 is 0 Å². The summed E-state index contributed by atoms with van der Waals surface area (Å²) in [6, 6.07) is 12.0. The van der Waals surface area contributed by atoms with Crippen LogP contribution in [0.25, 0.3) is 0 Å². The smallest absolute Gasteiger partial charge is 0.261 e. The molecule has 0 saturated carbocycles. The predicted octanol–water partition coefficient (Wildman–Crippen LogP) is 4.18. The van der Waals surface area contributed by atoms with Crippen LogP contribution >= 0.6 is 0 Å². The minimum Gasteiger partial charge on any atom is -0.387 e. The molecule has 4 rings (SSSR count). The van der Waals surface area contributed by atoms with E-state index in [2.05, 4.69) is 11.8 Å². The van der Waals surface area contributed by atoms with Crippen LogP contribution in [0.3, 0.4) is 0 Å². The molecule has 2 heterocycles. The summed E-state index contributed by atoms with van der Waals surface area (Å²) < 4.78 is 14.1. The fraction of sp³-hybridized carbons (Fsp3) is 0.458. The first-order valence-corrected chi connectivity index (χ1v) is 10.6. The molecule has 0 radical (unpaired) electrons. The van der Waals surface area contributed by atoms with Crippen molar-refractivity contribution >= 4 is 11.6 Å². The van der Waals surface area contributed by atoms with Crippen molar-refractivity contribution in [2.75, 3.05) is 31.1 Å². The Morgan fingerprint density at radius 2 is 2.03 bits per heavy atom. The Balaban J connectivity index is 1.52. The molecule has 4 nitrogen and oxygen atoms in total. The average molecular weight is 397 g/mol. The van der Waals surface area contributed by atoms with Crippen LogP contribution in [-0.4, -0.2) is 42.1 Å². The van der Waals surface area contributed by atoms with Crippen molar-refractivity contribution in [2.24, 2.45) is 5.92 Å². The van der Waals surface area contributed by atoms with E-state index in [9.17, 15) is 14.3 Å². The SMILES string of the molecule is C[C@@H]1CCCN(C[C@H](O)c2ccc3c(c2)CCCN3C(=O)c2ccccc2F)C1. The molecule has 1 fully saturated rings. The van der Waals surface area contributed by atoms with Gasteiger partial charge in [-0.3, -0.25) is 4.79 Å². The highest BCUT2D eigenvalue weighted by Gasteiger charge is 2.26. The fourth-order valence-corrected chi connectivity index (χ4v) is 4.62. The lowest BCUT2D eigenvalue weighted by atomic mass is 9.95. The topological polar surface area (TPSA) is 43.8 Å². The minimum absolute atomic E-state index is 0.101. The van der Waals surface area contributed by atoms with Gasteiger partial charge in [0.25, 0.3) is 5.91 Å². The summed E-state index contributed by atoms with van der Waals surface area (Å²) in [4.78, 5) is 16.9. The summed E-state index contributed by atoms with van der Waals surface area (Å²) in [6.07, 6.45) is 3.60. The second-order valence-corrected chi connectivity index (χ2v) is 8.45. The number of aryl methyl sites for hydroxylation is 1. The molecule has 2 atom stereocenters. The molecule has 0 aliphatic carbocycles. The highest BCUT2D eigenvalue weighted by molar-refractivity contribution is 6.06. The van der Waals surface area contributed by atoms with E-state index >= 15 is 0 Å². The summed E-state index contributed by atoms with van der Waals surface area (Å²) in [6.45, 7) is 5.55. The molecule has 0 aromatic heterocycles. The molecule has 154 valence electrons. The molecule has 0 unspecified atom stereocenters. The number of β-amino-alcohol motifs (C(OH)–C–C–N with tert-alkyl or cyclic N) is 1. The normalized spacial score (nSPS) is 20.9. The molecule has 0 bridgehead atoms. The molecule has 2 aliphatic rings. The Morgan fingerprint density at radius 3 is 2.83 bits per heavy atom. The maximum absolute atomic E-state index is 14.1. The van der Waals surface area contributed by atoms with Crippen LogP contribution in [0.15, 0.2) is 42.5 Å². The third kappa shape index (κ3) is 4.36. The molecular weight excluding hydrogens is 367 g/mol. The molecule has 0 spiro atoms. The van der Waals surface area contributed by atoms with Gasteiger partial charge in [-0.05, 0) is 67.5 Å². The number of carbonyl (C=O) groups is 1. The van der Waals surface area contributed by atoms with Crippen LogP contribution in [0.4, 0.5) is 10.1 Å². The first kappa shape index (κ1) is 20.0. The molecule has 2 aliphatic heterocycles.